The van der Waals surface area contributed by atoms with Crippen molar-refractivity contribution in [3.8, 4) is 17.0 Å². The van der Waals surface area contributed by atoms with Crippen LogP contribution in [0.25, 0.3) is 11.3 Å². The second kappa shape index (κ2) is 5.95. The van der Waals surface area contributed by atoms with E-state index in [-0.39, 0.29) is 5.69 Å². The Morgan fingerprint density at radius 2 is 2.00 bits per heavy atom. The Morgan fingerprint density at radius 3 is 2.63 bits per heavy atom. The fourth-order valence-corrected chi connectivity index (χ4v) is 1.57. The van der Waals surface area contributed by atoms with E-state index >= 15 is 0 Å². The predicted octanol–water partition coefficient (Wildman–Crippen LogP) is 2.63. The molecule has 0 aliphatic rings. The van der Waals surface area contributed by atoms with Gasteiger partial charge in [-0.05, 0) is 36.8 Å². The molecule has 98 valence electrons. The lowest BCUT2D eigenvalue weighted by atomic mass is 10.1. The quantitative estimate of drug-likeness (QED) is 0.892. The minimum atomic E-state index is -1.06. The molecule has 0 atom stereocenters. The largest absolute Gasteiger partial charge is 0.494 e. The third-order valence-electron chi connectivity index (χ3n) is 2.51. The third-order valence-corrected chi connectivity index (χ3v) is 2.51. The summed E-state index contributed by atoms with van der Waals surface area (Å²) >= 11 is 0. The van der Waals surface area contributed by atoms with Crippen LogP contribution in [0.3, 0.4) is 0 Å². The summed E-state index contributed by atoms with van der Waals surface area (Å²) in [4.78, 5) is 18.6. The summed E-state index contributed by atoms with van der Waals surface area (Å²) in [5.74, 6) is -0.273. The molecule has 1 N–H and O–H groups in total. The lowest BCUT2D eigenvalue weighted by Crippen LogP contribution is -2.01. The smallest absolute Gasteiger partial charge is 0.354 e. The molecule has 0 saturated heterocycles. The Hall–Kier alpha value is -2.43. The lowest BCUT2D eigenvalue weighted by molar-refractivity contribution is 0.0690. The molecule has 0 bridgehead atoms. The van der Waals surface area contributed by atoms with E-state index < -0.39 is 5.97 Å². The van der Waals surface area contributed by atoms with Crippen LogP contribution in [0.15, 0.2) is 36.7 Å². The van der Waals surface area contributed by atoms with Crippen LogP contribution in [-0.2, 0) is 0 Å². The Bertz CT molecular complexity index is 567. The molecule has 0 unspecified atom stereocenters. The summed E-state index contributed by atoms with van der Waals surface area (Å²) in [7, 11) is 0. The molecule has 0 radical (unpaired) electrons. The molecule has 0 fully saturated rings. The van der Waals surface area contributed by atoms with Gasteiger partial charge in [0.05, 0.1) is 12.3 Å². The summed E-state index contributed by atoms with van der Waals surface area (Å²) in [5.41, 5.74) is 1.39. The summed E-state index contributed by atoms with van der Waals surface area (Å²) < 4.78 is 5.48. The highest BCUT2D eigenvalue weighted by molar-refractivity contribution is 5.86. The van der Waals surface area contributed by atoms with Gasteiger partial charge >= 0.3 is 5.97 Å². The number of carboxylic acid groups (broad SMARTS) is 1. The zero-order chi connectivity index (χ0) is 13.7. The Morgan fingerprint density at radius 1 is 1.26 bits per heavy atom. The van der Waals surface area contributed by atoms with Crippen LogP contribution in [0.5, 0.6) is 5.75 Å². The number of carbonyl (C=O) groups is 1. The number of aromatic nitrogens is 2. The second-order valence-corrected chi connectivity index (χ2v) is 3.97. The van der Waals surface area contributed by atoms with Crippen LogP contribution in [0.4, 0.5) is 0 Å². The summed E-state index contributed by atoms with van der Waals surface area (Å²) in [6.45, 7) is 2.72. The minimum absolute atomic E-state index is 0.0173. The highest BCUT2D eigenvalue weighted by Crippen LogP contribution is 2.21. The van der Waals surface area contributed by atoms with Gasteiger partial charge < -0.3 is 9.84 Å². The average molecular weight is 258 g/mol. The van der Waals surface area contributed by atoms with Gasteiger partial charge in [-0.25, -0.2) is 14.8 Å². The van der Waals surface area contributed by atoms with Gasteiger partial charge in [-0.1, -0.05) is 6.92 Å². The molecule has 0 amide bonds. The van der Waals surface area contributed by atoms with Gasteiger partial charge in [-0.15, -0.1) is 0 Å². The van der Waals surface area contributed by atoms with Gasteiger partial charge in [-0.3, -0.25) is 0 Å². The molecule has 1 aromatic heterocycles. The molecule has 1 heterocycles. The molecule has 0 aliphatic heterocycles. The molecular formula is C14H14N2O3. The van der Waals surface area contributed by atoms with E-state index in [2.05, 4.69) is 9.97 Å². The fraction of sp³-hybridized carbons (Fsp3) is 0.214. The zero-order valence-electron chi connectivity index (χ0n) is 10.5. The normalized spacial score (nSPS) is 10.2. The average Bonchev–Trinajstić information content (AvgIpc) is 2.46. The van der Waals surface area contributed by atoms with E-state index in [1.807, 2.05) is 31.2 Å². The van der Waals surface area contributed by atoms with Crippen LogP contribution in [0.2, 0.25) is 0 Å². The van der Waals surface area contributed by atoms with E-state index in [0.29, 0.717) is 12.3 Å². The van der Waals surface area contributed by atoms with E-state index in [0.717, 1.165) is 17.7 Å². The Labute approximate surface area is 110 Å². The number of rotatable bonds is 5. The monoisotopic (exact) mass is 258 g/mol. The summed E-state index contributed by atoms with van der Waals surface area (Å²) in [6, 6.07) is 8.82. The predicted molar refractivity (Wildman–Crippen MR) is 70.2 cm³/mol. The van der Waals surface area contributed by atoms with Crippen LogP contribution >= 0.6 is 0 Å². The van der Waals surface area contributed by atoms with Crippen LogP contribution < -0.4 is 4.74 Å². The summed E-state index contributed by atoms with van der Waals surface area (Å²) in [6.07, 6.45) is 2.20. The van der Waals surface area contributed by atoms with Crippen molar-refractivity contribution in [2.45, 2.75) is 13.3 Å². The molecule has 0 spiro atoms. The molecule has 2 rings (SSSR count). The number of hydrogen-bond acceptors (Lipinski definition) is 4. The van der Waals surface area contributed by atoms with Gasteiger partial charge in [0.15, 0.2) is 5.69 Å². The van der Waals surface area contributed by atoms with Crippen LogP contribution in [0, 0.1) is 0 Å². The summed E-state index contributed by atoms with van der Waals surface area (Å²) in [5, 5.41) is 8.89. The SMILES string of the molecule is CCCOc1ccc(-c2cc(C(=O)O)ncn2)cc1. The van der Waals surface area contributed by atoms with Crippen molar-refractivity contribution in [3.05, 3.63) is 42.4 Å². The zero-order valence-corrected chi connectivity index (χ0v) is 10.5. The Kier molecular flexibility index (Phi) is 4.07. The van der Waals surface area contributed by atoms with Gasteiger partial charge in [0.1, 0.15) is 12.1 Å². The number of aromatic carboxylic acids is 1. The minimum Gasteiger partial charge on any atom is -0.494 e. The highest BCUT2D eigenvalue weighted by Gasteiger charge is 2.07. The van der Waals surface area contributed by atoms with Crippen molar-refractivity contribution in [1.82, 2.24) is 9.97 Å². The maximum absolute atomic E-state index is 10.8. The van der Waals surface area contributed by atoms with Gasteiger partial charge in [0.2, 0.25) is 0 Å². The number of hydrogen-bond donors (Lipinski definition) is 1. The number of benzene rings is 1. The number of carboxylic acids is 1. The topological polar surface area (TPSA) is 72.3 Å². The van der Waals surface area contributed by atoms with E-state index in [4.69, 9.17) is 9.84 Å². The molecular weight excluding hydrogens is 244 g/mol. The van der Waals surface area contributed by atoms with Crippen molar-refractivity contribution in [1.29, 1.82) is 0 Å². The fourth-order valence-electron chi connectivity index (χ4n) is 1.57. The lowest BCUT2D eigenvalue weighted by Gasteiger charge is -2.06. The molecule has 1 aromatic carbocycles. The maximum Gasteiger partial charge on any atom is 0.354 e. The molecule has 0 aliphatic carbocycles. The van der Waals surface area contributed by atoms with Gasteiger partial charge in [0, 0.05) is 5.56 Å². The molecule has 0 saturated carbocycles. The van der Waals surface area contributed by atoms with Crippen molar-refractivity contribution < 1.29 is 14.6 Å². The molecule has 5 nitrogen and oxygen atoms in total. The van der Waals surface area contributed by atoms with E-state index in [9.17, 15) is 4.79 Å². The first kappa shape index (κ1) is 13.0. The van der Waals surface area contributed by atoms with E-state index in [1.165, 1.54) is 12.4 Å². The molecule has 5 heteroatoms. The van der Waals surface area contributed by atoms with Crippen molar-refractivity contribution in [3.63, 3.8) is 0 Å². The number of ether oxygens (including phenoxy) is 1. The highest BCUT2D eigenvalue weighted by atomic mass is 16.5. The maximum atomic E-state index is 10.8. The van der Waals surface area contributed by atoms with Crippen molar-refractivity contribution in [2.75, 3.05) is 6.61 Å². The molecule has 19 heavy (non-hydrogen) atoms. The number of nitrogens with zero attached hydrogens (tertiary/aromatic N) is 2. The Balaban J connectivity index is 2.22. The first-order valence-corrected chi connectivity index (χ1v) is 5.99. The van der Waals surface area contributed by atoms with Crippen molar-refractivity contribution >= 4 is 5.97 Å². The third kappa shape index (κ3) is 3.28. The standard InChI is InChI=1S/C14H14N2O3/c1-2-7-19-11-5-3-10(4-6-11)12-8-13(14(17)18)16-9-15-12/h3-6,8-9H,2,7H2,1H3,(H,17,18). The van der Waals surface area contributed by atoms with Gasteiger partial charge in [-0.2, -0.15) is 0 Å². The van der Waals surface area contributed by atoms with Crippen LogP contribution in [0.1, 0.15) is 23.8 Å². The van der Waals surface area contributed by atoms with E-state index in [1.54, 1.807) is 0 Å². The first-order valence-electron chi connectivity index (χ1n) is 5.99. The van der Waals surface area contributed by atoms with Crippen LogP contribution in [-0.4, -0.2) is 27.7 Å². The first-order chi connectivity index (χ1) is 9.20. The van der Waals surface area contributed by atoms with Crippen molar-refractivity contribution in [2.24, 2.45) is 0 Å². The van der Waals surface area contributed by atoms with Gasteiger partial charge in [0.25, 0.3) is 0 Å². The molecule has 2 aromatic rings. The second-order valence-electron chi connectivity index (χ2n) is 3.97.